The van der Waals surface area contributed by atoms with Crippen molar-refractivity contribution in [2.45, 2.75) is 43.3 Å². The number of hydrogen-bond donors (Lipinski definition) is 6. The summed E-state index contributed by atoms with van der Waals surface area (Å²) in [5, 5.41) is 26.2. The molecule has 11 nitrogen and oxygen atoms in total. The lowest BCUT2D eigenvalue weighted by molar-refractivity contribution is -0.141. The van der Waals surface area contributed by atoms with Crippen molar-refractivity contribution in [2.75, 3.05) is 26.7 Å². The summed E-state index contributed by atoms with van der Waals surface area (Å²) < 4.78 is 0. The van der Waals surface area contributed by atoms with Gasteiger partial charge in [0.2, 0.25) is 23.6 Å². The van der Waals surface area contributed by atoms with Gasteiger partial charge in [0, 0.05) is 19.5 Å². The Morgan fingerprint density at radius 2 is 1.71 bits per heavy atom. The molecule has 1 saturated carbocycles. The lowest BCUT2D eigenvalue weighted by atomic mass is 10.0. The highest BCUT2D eigenvalue weighted by molar-refractivity contribution is 5.97. The predicted molar refractivity (Wildman–Crippen MR) is 140 cm³/mol. The van der Waals surface area contributed by atoms with Gasteiger partial charge in [-0.25, -0.2) is 0 Å². The molecule has 0 bridgehead atoms. The zero-order valence-electron chi connectivity index (χ0n) is 21.5. The number of aromatic hydroxyl groups is 1. The van der Waals surface area contributed by atoms with Crippen LogP contribution in [-0.2, 0) is 25.6 Å². The van der Waals surface area contributed by atoms with Gasteiger partial charge in [0.25, 0.3) is 0 Å². The summed E-state index contributed by atoms with van der Waals surface area (Å²) in [5.74, 6) is -2.07. The van der Waals surface area contributed by atoms with Gasteiger partial charge in [-0.3, -0.25) is 19.2 Å². The molecule has 2 aromatic rings. The molecule has 0 spiro atoms. The number of nitrogens with two attached hydrogens (primary N) is 1. The molecule has 1 aliphatic rings. The van der Waals surface area contributed by atoms with Gasteiger partial charge in [-0.2, -0.15) is 0 Å². The lowest BCUT2D eigenvalue weighted by Crippen LogP contribution is -2.55. The van der Waals surface area contributed by atoms with E-state index in [1.807, 2.05) is 30.3 Å². The summed E-state index contributed by atoms with van der Waals surface area (Å²) in [5.41, 5.74) is 6.49. The van der Waals surface area contributed by atoms with Crippen molar-refractivity contribution < 1.29 is 29.4 Å². The number of likely N-dealkylation sites (N-methyl/N-ethyl adjacent to an activating group) is 1. The number of carbonyl (C=O) groups is 4. The zero-order valence-corrected chi connectivity index (χ0v) is 21.5. The van der Waals surface area contributed by atoms with Crippen LogP contribution >= 0.6 is 0 Å². The van der Waals surface area contributed by atoms with Crippen molar-refractivity contribution in [2.24, 2.45) is 5.73 Å². The molecule has 11 heteroatoms. The highest BCUT2D eigenvalue weighted by atomic mass is 16.3. The number of phenols is 1. The average molecular weight is 526 g/mol. The number of benzene rings is 2. The Labute approximate surface area is 221 Å². The van der Waals surface area contributed by atoms with Crippen molar-refractivity contribution in [3.05, 3.63) is 65.7 Å². The van der Waals surface area contributed by atoms with Gasteiger partial charge in [0.15, 0.2) is 0 Å². The molecule has 2 unspecified atom stereocenters. The van der Waals surface area contributed by atoms with Crippen molar-refractivity contribution in [1.82, 2.24) is 20.9 Å². The van der Waals surface area contributed by atoms with Gasteiger partial charge in [0.05, 0.1) is 19.2 Å². The quantitative estimate of drug-likeness (QED) is 0.214. The van der Waals surface area contributed by atoms with Crippen LogP contribution in [0.15, 0.2) is 54.6 Å². The molecule has 0 saturated heterocycles. The summed E-state index contributed by atoms with van der Waals surface area (Å²) in [6.07, 6.45) is 0.628. The normalized spacial score (nSPS) is 19.5. The third-order valence-corrected chi connectivity index (χ3v) is 6.79. The number of carbonyl (C=O) groups excluding carboxylic acids is 4. The van der Waals surface area contributed by atoms with E-state index in [9.17, 15) is 24.3 Å². The van der Waals surface area contributed by atoms with Crippen molar-refractivity contribution in [1.29, 1.82) is 0 Å². The first-order valence-corrected chi connectivity index (χ1v) is 12.4. The third kappa shape index (κ3) is 6.67. The number of amides is 4. The van der Waals surface area contributed by atoms with Crippen LogP contribution in [0.3, 0.4) is 0 Å². The molecule has 38 heavy (non-hydrogen) atoms. The second-order valence-corrected chi connectivity index (χ2v) is 9.45. The Morgan fingerprint density at radius 1 is 1.05 bits per heavy atom. The van der Waals surface area contributed by atoms with Crippen LogP contribution in [0.25, 0.3) is 0 Å². The monoisotopic (exact) mass is 525 g/mol. The highest BCUT2D eigenvalue weighted by Crippen LogP contribution is 2.55. The molecule has 7 N–H and O–H groups in total. The molecule has 3 rings (SSSR count). The minimum atomic E-state index is -1.13. The molecule has 4 atom stereocenters. The Hall–Kier alpha value is -3.96. The molecule has 2 aromatic carbocycles. The van der Waals surface area contributed by atoms with Crippen LogP contribution < -0.4 is 21.7 Å². The summed E-state index contributed by atoms with van der Waals surface area (Å²) in [6.45, 7) is 0.942. The fourth-order valence-electron chi connectivity index (χ4n) is 4.45. The summed E-state index contributed by atoms with van der Waals surface area (Å²) in [7, 11) is 1.52. The maximum Gasteiger partial charge on any atom is 0.246 e. The number of aliphatic hydroxyl groups is 1. The highest BCUT2D eigenvalue weighted by Gasteiger charge is 2.64. The van der Waals surface area contributed by atoms with E-state index < -0.39 is 35.3 Å². The van der Waals surface area contributed by atoms with Gasteiger partial charge in [-0.15, -0.1) is 0 Å². The van der Waals surface area contributed by atoms with E-state index in [0.717, 1.165) is 11.1 Å². The Balaban J connectivity index is 1.55. The van der Waals surface area contributed by atoms with Crippen LogP contribution in [0.4, 0.5) is 0 Å². The van der Waals surface area contributed by atoms with Gasteiger partial charge >= 0.3 is 0 Å². The van der Waals surface area contributed by atoms with E-state index in [1.165, 1.54) is 31.0 Å². The maximum absolute atomic E-state index is 13.0. The summed E-state index contributed by atoms with van der Waals surface area (Å²) in [6, 6.07) is 13.8. The fraction of sp³-hybridized carbons (Fsp3) is 0.407. The molecule has 1 fully saturated rings. The first kappa shape index (κ1) is 28.6. The largest absolute Gasteiger partial charge is 0.508 e. The van der Waals surface area contributed by atoms with Crippen LogP contribution in [-0.4, -0.2) is 83.1 Å². The van der Waals surface area contributed by atoms with Crippen LogP contribution in [0.5, 0.6) is 5.75 Å². The van der Waals surface area contributed by atoms with E-state index in [2.05, 4.69) is 16.0 Å². The van der Waals surface area contributed by atoms with Gasteiger partial charge < -0.3 is 36.8 Å². The average Bonchev–Trinajstić information content (AvgIpc) is 3.68. The lowest BCUT2D eigenvalue weighted by Gasteiger charge is -2.29. The molecule has 4 amide bonds. The van der Waals surface area contributed by atoms with E-state index >= 15 is 0 Å². The maximum atomic E-state index is 13.0. The minimum absolute atomic E-state index is 0.0625. The smallest absolute Gasteiger partial charge is 0.246 e. The van der Waals surface area contributed by atoms with Gasteiger partial charge in [0.1, 0.15) is 17.3 Å². The molecule has 0 heterocycles. The molecule has 1 aliphatic carbocycles. The number of nitrogens with one attached hydrogen (secondary N) is 3. The molecule has 0 radical (unpaired) electrons. The SMILES string of the molecule is C[C@@H](NC(=O)[C@@H](N)Cc1ccc(O)cc1)C(=O)NCC(=O)N(C)C1(C(=O)NCCO)CC1c1ccccc1. The number of aliphatic hydroxyl groups excluding tert-OH is 1. The van der Waals surface area contributed by atoms with Crippen molar-refractivity contribution in [3.8, 4) is 5.75 Å². The standard InChI is InChI=1S/C27H35N5O6/c1-17(31-25(37)22(28)14-18-8-10-20(34)11-9-18)24(36)30-16-23(35)32(2)27(26(38)29-12-13-33)15-21(27)19-6-4-3-5-7-19/h3-11,17,21-22,33-34H,12-16,28H2,1-2H3,(H,29,38)(H,30,36)(H,31,37)/t17-,21?,22+,27?/m1/s1. The van der Waals surface area contributed by atoms with Crippen LogP contribution in [0.1, 0.15) is 30.4 Å². The Bertz CT molecular complexity index is 1140. The first-order chi connectivity index (χ1) is 18.1. The van der Waals surface area contributed by atoms with Crippen molar-refractivity contribution >= 4 is 23.6 Å². The van der Waals surface area contributed by atoms with Crippen molar-refractivity contribution in [3.63, 3.8) is 0 Å². The second-order valence-electron chi connectivity index (χ2n) is 9.45. The van der Waals surface area contributed by atoms with Gasteiger partial charge in [-0.1, -0.05) is 42.5 Å². The molecule has 204 valence electrons. The number of rotatable bonds is 12. The zero-order chi connectivity index (χ0) is 27.9. The van der Waals surface area contributed by atoms with Gasteiger partial charge in [-0.05, 0) is 43.0 Å². The molecule has 0 aromatic heterocycles. The number of phenolic OH excluding ortho intramolecular Hbond substituents is 1. The molecule has 0 aliphatic heterocycles. The number of hydrogen-bond acceptors (Lipinski definition) is 7. The second kappa shape index (κ2) is 12.5. The van der Waals surface area contributed by atoms with E-state index in [0.29, 0.717) is 6.42 Å². The Morgan fingerprint density at radius 3 is 2.34 bits per heavy atom. The molecular weight excluding hydrogens is 490 g/mol. The fourth-order valence-corrected chi connectivity index (χ4v) is 4.45. The third-order valence-electron chi connectivity index (χ3n) is 6.79. The van der Waals surface area contributed by atoms with Crippen LogP contribution in [0.2, 0.25) is 0 Å². The number of nitrogens with zero attached hydrogens (tertiary/aromatic N) is 1. The summed E-state index contributed by atoms with van der Waals surface area (Å²) in [4.78, 5) is 52.4. The minimum Gasteiger partial charge on any atom is -0.508 e. The van der Waals surface area contributed by atoms with Crippen LogP contribution in [0, 0.1) is 0 Å². The first-order valence-electron chi connectivity index (χ1n) is 12.4. The topological polar surface area (TPSA) is 174 Å². The summed E-state index contributed by atoms with van der Waals surface area (Å²) >= 11 is 0. The van der Waals surface area contributed by atoms with E-state index in [1.54, 1.807) is 12.1 Å². The Kier molecular flexibility index (Phi) is 9.43. The van der Waals surface area contributed by atoms with E-state index in [-0.39, 0.29) is 43.7 Å². The molecular formula is C27H35N5O6. The predicted octanol–water partition coefficient (Wildman–Crippen LogP) is -0.624. The van der Waals surface area contributed by atoms with E-state index in [4.69, 9.17) is 10.8 Å².